The van der Waals surface area contributed by atoms with Gasteiger partial charge in [-0.05, 0) is 18.6 Å². The fourth-order valence-electron chi connectivity index (χ4n) is 1.81. The molecule has 0 aliphatic heterocycles. The van der Waals surface area contributed by atoms with E-state index in [1.807, 2.05) is 13.0 Å². The van der Waals surface area contributed by atoms with Crippen molar-refractivity contribution in [3.63, 3.8) is 0 Å². The Balaban J connectivity index is 2.91. The average molecular weight is 286 g/mol. The number of hydrogen-bond donors (Lipinski definition) is 2. The summed E-state index contributed by atoms with van der Waals surface area (Å²) >= 11 is 6.12. The number of nitrogens with zero attached hydrogens (tertiary/aromatic N) is 1. The molecule has 0 aliphatic rings. The van der Waals surface area contributed by atoms with Crippen LogP contribution >= 0.6 is 11.6 Å². The van der Waals surface area contributed by atoms with E-state index >= 15 is 0 Å². The minimum atomic E-state index is -0.722. The molecule has 0 saturated heterocycles. The van der Waals surface area contributed by atoms with Crippen molar-refractivity contribution in [3.05, 3.63) is 34.3 Å². The predicted molar refractivity (Wildman–Crippen MR) is 75.4 cm³/mol. The van der Waals surface area contributed by atoms with Crippen LogP contribution in [0.2, 0.25) is 5.02 Å². The second-order valence-electron chi connectivity index (χ2n) is 5.22. The number of rotatable bonds is 5. The van der Waals surface area contributed by atoms with Crippen molar-refractivity contribution in [1.29, 1.82) is 0 Å². The van der Waals surface area contributed by atoms with E-state index in [0.717, 1.165) is 5.56 Å². The van der Waals surface area contributed by atoms with Crippen LogP contribution in [0, 0.1) is 12.3 Å². The Kier molecular flexibility index (Phi) is 5.35. The standard InChI is InChI=1S/C14H20ClNO3/c1-10-5-4-6-11(12(10)15)13(19)16(3)7-14(2,8-17)9-18/h4-6,17-18H,7-9H2,1-3H3. The molecule has 0 atom stereocenters. The third kappa shape index (κ3) is 3.69. The van der Waals surface area contributed by atoms with Gasteiger partial charge in [0.25, 0.3) is 5.91 Å². The van der Waals surface area contributed by atoms with Gasteiger partial charge in [0, 0.05) is 19.0 Å². The van der Waals surface area contributed by atoms with Crippen LogP contribution in [0.5, 0.6) is 0 Å². The highest BCUT2D eigenvalue weighted by molar-refractivity contribution is 6.34. The van der Waals surface area contributed by atoms with Gasteiger partial charge in [-0.1, -0.05) is 30.7 Å². The highest BCUT2D eigenvalue weighted by Gasteiger charge is 2.27. The summed E-state index contributed by atoms with van der Waals surface area (Å²) in [5.41, 5.74) is 0.552. The molecule has 0 unspecified atom stereocenters. The number of aryl methyl sites for hydroxylation is 1. The molecule has 0 aliphatic carbocycles. The molecule has 0 spiro atoms. The first-order valence-corrected chi connectivity index (χ1v) is 6.45. The van der Waals surface area contributed by atoms with Crippen LogP contribution in [0.25, 0.3) is 0 Å². The van der Waals surface area contributed by atoms with Gasteiger partial charge in [0.05, 0.1) is 23.8 Å². The van der Waals surface area contributed by atoms with Gasteiger partial charge in [-0.3, -0.25) is 4.79 Å². The third-order valence-corrected chi connectivity index (χ3v) is 3.65. The lowest BCUT2D eigenvalue weighted by Crippen LogP contribution is -2.41. The summed E-state index contributed by atoms with van der Waals surface area (Å²) < 4.78 is 0. The predicted octanol–water partition coefficient (Wildman–Crippen LogP) is 1.71. The topological polar surface area (TPSA) is 60.8 Å². The summed E-state index contributed by atoms with van der Waals surface area (Å²) in [5.74, 6) is -0.221. The first-order chi connectivity index (χ1) is 8.84. The van der Waals surface area contributed by atoms with Crippen LogP contribution < -0.4 is 0 Å². The second kappa shape index (κ2) is 6.37. The minimum absolute atomic E-state index is 0.192. The van der Waals surface area contributed by atoms with Gasteiger partial charge < -0.3 is 15.1 Å². The highest BCUT2D eigenvalue weighted by Crippen LogP contribution is 2.23. The summed E-state index contributed by atoms with van der Waals surface area (Å²) in [5, 5.41) is 19.0. The fraction of sp³-hybridized carbons (Fsp3) is 0.500. The molecule has 0 bridgehead atoms. The summed E-state index contributed by atoms with van der Waals surface area (Å²) in [6, 6.07) is 5.29. The van der Waals surface area contributed by atoms with Crippen molar-refractivity contribution in [1.82, 2.24) is 4.90 Å². The molecule has 5 heteroatoms. The van der Waals surface area contributed by atoms with Gasteiger partial charge in [0.2, 0.25) is 0 Å². The Morgan fingerprint density at radius 2 is 1.95 bits per heavy atom. The maximum Gasteiger partial charge on any atom is 0.255 e. The number of carbonyl (C=O) groups excluding carboxylic acids is 1. The van der Waals surface area contributed by atoms with E-state index in [1.165, 1.54) is 4.90 Å². The Hall–Kier alpha value is -1.10. The summed E-state index contributed by atoms with van der Waals surface area (Å²) in [6.07, 6.45) is 0. The van der Waals surface area contributed by atoms with Crippen molar-refractivity contribution in [2.75, 3.05) is 26.8 Å². The zero-order valence-corrected chi connectivity index (χ0v) is 12.2. The van der Waals surface area contributed by atoms with Gasteiger partial charge >= 0.3 is 0 Å². The zero-order valence-electron chi connectivity index (χ0n) is 11.5. The van der Waals surface area contributed by atoms with Crippen molar-refractivity contribution in [2.45, 2.75) is 13.8 Å². The Labute approximate surface area is 118 Å². The first kappa shape index (κ1) is 16.0. The van der Waals surface area contributed by atoms with Crippen LogP contribution in [-0.4, -0.2) is 47.8 Å². The fourth-order valence-corrected chi connectivity index (χ4v) is 2.02. The number of carbonyl (C=O) groups is 1. The maximum atomic E-state index is 12.3. The van der Waals surface area contributed by atoms with Crippen molar-refractivity contribution in [2.24, 2.45) is 5.41 Å². The molecule has 0 radical (unpaired) electrons. The smallest absolute Gasteiger partial charge is 0.255 e. The molecule has 0 aromatic heterocycles. The second-order valence-corrected chi connectivity index (χ2v) is 5.60. The summed E-state index contributed by atoms with van der Waals surface area (Å²) in [7, 11) is 1.63. The molecule has 0 heterocycles. The summed E-state index contributed by atoms with van der Waals surface area (Å²) in [6.45, 7) is 3.42. The lowest BCUT2D eigenvalue weighted by atomic mass is 9.92. The van der Waals surface area contributed by atoms with Gasteiger partial charge in [-0.15, -0.1) is 0 Å². The molecule has 1 aromatic rings. The van der Waals surface area contributed by atoms with Crippen LogP contribution in [0.15, 0.2) is 18.2 Å². The van der Waals surface area contributed by atoms with E-state index in [0.29, 0.717) is 10.6 Å². The van der Waals surface area contributed by atoms with Crippen LogP contribution in [0.1, 0.15) is 22.8 Å². The van der Waals surface area contributed by atoms with Gasteiger partial charge in [-0.2, -0.15) is 0 Å². The monoisotopic (exact) mass is 285 g/mol. The Bertz CT molecular complexity index is 458. The molecule has 19 heavy (non-hydrogen) atoms. The van der Waals surface area contributed by atoms with Crippen LogP contribution in [-0.2, 0) is 0 Å². The largest absolute Gasteiger partial charge is 0.396 e. The summed E-state index contributed by atoms with van der Waals surface area (Å²) in [4.78, 5) is 13.8. The van der Waals surface area contributed by atoms with Gasteiger partial charge in [0.15, 0.2) is 0 Å². The van der Waals surface area contributed by atoms with E-state index in [4.69, 9.17) is 11.6 Å². The van der Waals surface area contributed by atoms with E-state index in [-0.39, 0.29) is 25.7 Å². The maximum absolute atomic E-state index is 12.3. The van der Waals surface area contributed by atoms with Gasteiger partial charge in [0.1, 0.15) is 0 Å². The number of halogens is 1. The number of aliphatic hydroxyl groups excluding tert-OH is 2. The van der Waals surface area contributed by atoms with Crippen molar-refractivity contribution < 1.29 is 15.0 Å². The lowest BCUT2D eigenvalue weighted by Gasteiger charge is -2.30. The number of aliphatic hydroxyl groups is 2. The Morgan fingerprint density at radius 3 is 2.47 bits per heavy atom. The van der Waals surface area contributed by atoms with E-state index in [2.05, 4.69) is 0 Å². The SMILES string of the molecule is Cc1cccc(C(=O)N(C)CC(C)(CO)CO)c1Cl. The van der Waals surface area contributed by atoms with E-state index in [9.17, 15) is 15.0 Å². The molecular formula is C14H20ClNO3. The van der Waals surface area contributed by atoms with Crippen molar-refractivity contribution in [3.8, 4) is 0 Å². The average Bonchev–Trinajstić information content (AvgIpc) is 2.40. The molecule has 1 amide bonds. The van der Waals surface area contributed by atoms with Crippen molar-refractivity contribution >= 4 is 17.5 Å². The quantitative estimate of drug-likeness (QED) is 0.866. The number of amides is 1. The molecule has 0 fully saturated rings. The third-order valence-electron chi connectivity index (χ3n) is 3.15. The molecule has 1 rings (SSSR count). The zero-order chi connectivity index (χ0) is 14.6. The molecular weight excluding hydrogens is 266 g/mol. The van der Waals surface area contributed by atoms with Gasteiger partial charge in [-0.25, -0.2) is 0 Å². The van der Waals surface area contributed by atoms with E-state index < -0.39 is 5.41 Å². The number of benzene rings is 1. The molecule has 4 nitrogen and oxygen atoms in total. The normalized spacial score (nSPS) is 11.5. The Morgan fingerprint density at radius 1 is 1.37 bits per heavy atom. The van der Waals surface area contributed by atoms with Crippen LogP contribution in [0.3, 0.4) is 0 Å². The highest BCUT2D eigenvalue weighted by atomic mass is 35.5. The van der Waals surface area contributed by atoms with Crippen LogP contribution in [0.4, 0.5) is 0 Å². The lowest BCUT2D eigenvalue weighted by molar-refractivity contribution is 0.0366. The number of hydrogen-bond acceptors (Lipinski definition) is 3. The first-order valence-electron chi connectivity index (χ1n) is 6.07. The molecule has 0 saturated carbocycles. The molecule has 2 N–H and O–H groups in total. The molecule has 1 aromatic carbocycles. The van der Waals surface area contributed by atoms with E-state index in [1.54, 1.807) is 26.1 Å². The molecule has 106 valence electrons. The minimum Gasteiger partial charge on any atom is -0.396 e.